The van der Waals surface area contributed by atoms with Crippen LogP contribution >= 0.6 is 15.9 Å². The number of nitrogens with zero attached hydrogens (tertiary/aromatic N) is 2. The molecule has 0 radical (unpaired) electrons. The lowest BCUT2D eigenvalue weighted by atomic mass is 10.1. The summed E-state index contributed by atoms with van der Waals surface area (Å²) in [6.07, 6.45) is 1.14. The predicted molar refractivity (Wildman–Crippen MR) is 76.4 cm³/mol. The number of carbonyl (C=O) groups excluding carboxylic acids is 1. The number of piperazine rings is 1. The molecule has 5 nitrogen and oxygen atoms in total. The van der Waals surface area contributed by atoms with Crippen LogP contribution in [-0.2, 0) is 10.0 Å². The van der Waals surface area contributed by atoms with Crippen LogP contribution in [0.2, 0.25) is 0 Å². The summed E-state index contributed by atoms with van der Waals surface area (Å²) >= 11 is 3.13. The number of hydrogen-bond donors (Lipinski definition) is 0. The Labute approximate surface area is 125 Å². The molecule has 0 atom stereocenters. The van der Waals surface area contributed by atoms with E-state index in [-0.39, 0.29) is 31.7 Å². The molecule has 0 spiro atoms. The summed E-state index contributed by atoms with van der Waals surface area (Å²) in [6, 6.07) is 4.26. The predicted octanol–water partition coefficient (Wildman–Crippen LogP) is 1.31. The molecule has 0 aromatic heterocycles. The number of amides is 1. The molecule has 0 unspecified atom stereocenters. The molecule has 1 heterocycles. The smallest absolute Gasteiger partial charge is 0.256 e. The average molecular weight is 365 g/mol. The minimum absolute atomic E-state index is 0.000931. The van der Waals surface area contributed by atoms with Gasteiger partial charge in [-0.05, 0) is 18.2 Å². The zero-order valence-corrected chi connectivity index (χ0v) is 13.2. The van der Waals surface area contributed by atoms with E-state index in [1.54, 1.807) is 6.07 Å². The maximum atomic E-state index is 13.7. The van der Waals surface area contributed by atoms with E-state index in [0.29, 0.717) is 4.47 Å². The molecule has 1 aromatic rings. The topological polar surface area (TPSA) is 57.7 Å². The first-order valence-electron chi connectivity index (χ1n) is 5.98. The van der Waals surface area contributed by atoms with Crippen molar-refractivity contribution in [3.8, 4) is 0 Å². The Hall–Kier alpha value is -0.990. The Morgan fingerprint density at radius 1 is 1.25 bits per heavy atom. The van der Waals surface area contributed by atoms with Gasteiger partial charge in [-0.25, -0.2) is 12.8 Å². The number of carbonyl (C=O) groups is 1. The van der Waals surface area contributed by atoms with Gasteiger partial charge in [0.25, 0.3) is 5.91 Å². The summed E-state index contributed by atoms with van der Waals surface area (Å²) in [7, 11) is -3.24. The first-order valence-corrected chi connectivity index (χ1v) is 8.62. The molecule has 1 aliphatic heterocycles. The van der Waals surface area contributed by atoms with Crippen LogP contribution in [0.4, 0.5) is 4.39 Å². The monoisotopic (exact) mass is 364 g/mol. The van der Waals surface area contributed by atoms with Gasteiger partial charge in [-0.1, -0.05) is 15.9 Å². The van der Waals surface area contributed by atoms with Crippen LogP contribution in [-0.4, -0.2) is 56.0 Å². The molecule has 2 rings (SSSR count). The molecule has 1 aliphatic rings. The van der Waals surface area contributed by atoms with Crippen molar-refractivity contribution in [3.63, 3.8) is 0 Å². The van der Waals surface area contributed by atoms with Crippen LogP contribution < -0.4 is 0 Å². The Bertz CT molecular complexity index is 628. The lowest BCUT2D eigenvalue weighted by molar-refractivity contribution is 0.0693. The third-order valence-corrected chi connectivity index (χ3v) is 4.95. The van der Waals surface area contributed by atoms with Crippen molar-refractivity contribution in [3.05, 3.63) is 34.1 Å². The zero-order valence-electron chi connectivity index (χ0n) is 10.8. The molecular weight excluding hydrogens is 351 g/mol. The Morgan fingerprint density at radius 2 is 1.85 bits per heavy atom. The van der Waals surface area contributed by atoms with Gasteiger partial charge >= 0.3 is 0 Å². The summed E-state index contributed by atoms with van der Waals surface area (Å²) in [6.45, 7) is 1.01. The van der Waals surface area contributed by atoms with E-state index in [1.165, 1.54) is 21.3 Å². The Morgan fingerprint density at radius 3 is 2.35 bits per heavy atom. The highest BCUT2D eigenvalue weighted by Gasteiger charge is 2.27. The fraction of sp³-hybridized carbons (Fsp3) is 0.417. The normalized spacial score (nSPS) is 17.2. The molecule has 1 saturated heterocycles. The van der Waals surface area contributed by atoms with Crippen molar-refractivity contribution in [2.45, 2.75) is 0 Å². The van der Waals surface area contributed by atoms with E-state index in [2.05, 4.69) is 15.9 Å². The van der Waals surface area contributed by atoms with Crippen molar-refractivity contribution >= 4 is 31.9 Å². The maximum absolute atomic E-state index is 13.7. The van der Waals surface area contributed by atoms with Crippen molar-refractivity contribution in [2.75, 3.05) is 32.4 Å². The van der Waals surface area contributed by atoms with Gasteiger partial charge in [0, 0.05) is 30.7 Å². The highest BCUT2D eigenvalue weighted by atomic mass is 79.9. The van der Waals surface area contributed by atoms with Crippen LogP contribution in [0.5, 0.6) is 0 Å². The van der Waals surface area contributed by atoms with Crippen LogP contribution in [0.1, 0.15) is 10.4 Å². The number of halogens is 2. The van der Waals surface area contributed by atoms with Crippen LogP contribution in [0, 0.1) is 5.82 Å². The summed E-state index contributed by atoms with van der Waals surface area (Å²) in [5, 5.41) is 0. The highest BCUT2D eigenvalue weighted by Crippen LogP contribution is 2.18. The van der Waals surface area contributed by atoms with Crippen molar-refractivity contribution in [1.29, 1.82) is 0 Å². The van der Waals surface area contributed by atoms with E-state index in [1.807, 2.05) is 0 Å². The molecule has 1 fully saturated rings. The van der Waals surface area contributed by atoms with E-state index in [0.717, 1.165) is 6.26 Å². The highest BCUT2D eigenvalue weighted by molar-refractivity contribution is 9.10. The number of rotatable bonds is 2. The Kier molecular flexibility index (Phi) is 4.46. The average Bonchev–Trinajstić information content (AvgIpc) is 2.37. The quantitative estimate of drug-likeness (QED) is 0.794. The second-order valence-corrected chi connectivity index (χ2v) is 7.48. The van der Waals surface area contributed by atoms with Crippen molar-refractivity contribution in [2.24, 2.45) is 0 Å². The summed E-state index contributed by atoms with van der Waals surface area (Å²) < 4.78 is 38.4. The molecule has 110 valence electrons. The van der Waals surface area contributed by atoms with Gasteiger partial charge in [0.1, 0.15) is 5.82 Å². The minimum atomic E-state index is -3.24. The van der Waals surface area contributed by atoms with Gasteiger partial charge in [0.15, 0.2) is 0 Å². The van der Waals surface area contributed by atoms with Crippen LogP contribution in [0.3, 0.4) is 0 Å². The van der Waals surface area contributed by atoms with Gasteiger partial charge in [-0.3, -0.25) is 4.79 Å². The maximum Gasteiger partial charge on any atom is 0.256 e. The standard InChI is InChI=1S/C12H14BrFN2O3S/c1-20(18,19)16-6-4-15(5-7-16)12(17)10-3-2-9(13)8-11(10)14/h2-3,8H,4-7H2,1H3. The van der Waals surface area contributed by atoms with Gasteiger partial charge in [-0.2, -0.15) is 4.31 Å². The molecule has 1 aromatic carbocycles. The lowest BCUT2D eigenvalue weighted by Crippen LogP contribution is -2.50. The van der Waals surface area contributed by atoms with Gasteiger partial charge in [-0.15, -0.1) is 0 Å². The summed E-state index contributed by atoms with van der Waals surface area (Å²) in [5.74, 6) is -1.00. The SMILES string of the molecule is CS(=O)(=O)N1CCN(C(=O)c2ccc(Br)cc2F)CC1. The molecular formula is C12H14BrFN2O3S. The third kappa shape index (κ3) is 3.36. The van der Waals surface area contributed by atoms with Gasteiger partial charge < -0.3 is 4.90 Å². The molecule has 1 amide bonds. The molecule has 0 N–H and O–H groups in total. The number of sulfonamides is 1. The van der Waals surface area contributed by atoms with E-state index >= 15 is 0 Å². The first-order chi connectivity index (χ1) is 9.29. The molecule has 0 aliphatic carbocycles. The third-order valence-electron chi connectivity index (χ3n) is 3.16. The van der Waals surface area contributed by atoms with Gasteiger partial charge in [0.2, 0.25) is 10.0 Å². The second-order valence-electron chi connectivity index (χ2n) is 4.58. The van der Waals surface area contributed by atoms with Crippen molar-refractivity contribution < 1.29 is 17.6 Å². The van der Waals surface area contributed by atoms with E-state index < -0.39 is 21.7 Å². The number of hydrogen-bond acceptors (Lipinski definition) is 3. The first kappa shape index (κ1) is 15.4. The second kappa shape index (κ2) is 5.79. The number of benzene rings is 1. The van der Waals surface area contributed by atoms with Crippen molar-refractivity contribution in [1.82, 2.24) is 9.21 Å². The largest absolute Gasteiger partial charge is 0.336 e. The minimum Gasteiger partial charge on any atom is -0.336 e. The van der Waals surface area contributed by atoms with E-state index in [9.17, 15) is 17.6 Å². The molecule has 0 bridgehead atoms. The molecule has 8 heteroatoms. The van der Waals surface area contributed by atoms with Gasteiger partial charge in [0.05, 0.1) is 11.8 Å². The Balaban J connectivity index is 2.09. The summed E-state index contributed by atoms with van der Waals surface area (Å²) in [5.41, 5.74) is 0.000931. The van der Waals surface area contributed by atoms with E-state index in [4.69, 9.17) is 0 Å². The fourth-order valence-electron chi connectivity index (χ4n) is 2.06. The zero-order chi connectivity index (χ0) is 14.9. The van der Waals surface area contributed by atoms with Crippen LogP contribution in [0.25, 0.3) is 0 Å². The van der Waals surface area contributed by atoms with Crippen LogP contribution in [0.15, 0.2) is 22.7 Å². The lowest BCUT2D eigenvalue weighted by Gasteiger charge is -2.33. The fourth-order valence-corrected chi connectivity index (χ4v) is 3.22. The molecule has 0 saturated carbocycles. The molecule has 20 heavy (non-hydrogen) atoms. The summed E-state index contributed by atoms with van der Waals surface area (Å²) in [4.78, 5) is 13.7.